The molecule has 0 bridgehead atoms. The van der Waals surface area contributed by atoms with Gasteiger partial charge in [-0.1, -0.05) is 5.16 Å². The van der Waals surface area contributed by atoms with Gasteiger partial charge in [0.2, 0.25) is 5.69 Å². The van der Waals surface area contributed by atoms with Crippen molar-refractivity contribution in [3.05, 3.63) is 35.6 Å². The van der Waals surface area contributed by atoms with Gasteiger partial charge in [-0.3, -0.25) is 4.79 Å². The highest BCUT2D eigenvalue weighted by Gasteiger charge is 2.30. The normalized spacial score (nSPS) is 17.3. The summed E-state index contributed by atoms with van der Waals surface area (Å²) in [5, 5.41) is 12.7. The van der Waals surface area contributed by atoms with Crippen molar-refractivity contribution in [3.8, 4) is 11.9 Å². The maximum Gasteiger partial charge on any atom is 0.276 e. The van der Waals surface area contributed by atoms with E-state index in [0.717, 1.165) is 0 Å². The molecule has 8 heteroatoms. The second kappa shape index (κ2) is 5.81. The Hall–Kier alpha value is -2.95. The lowest BCUT2D eigenvalue weighted by Gasteiger charge is -2.15. The molecule has 2 aromatic rings. The number of hydrogen-bond acceptors (Lipinski definition) is 7. The van der Waals surface area contributed by atoms with Crippen LogP contribution in [0.3, 0.4) is 0 Å². The Morgan fingerprint density at radius 1 is 1.50 bits per heavy atom. The molecular weight excluding hydrogens is 286 g/mol. The summed E-state index contributed by atoms with van der Waals surface area (Å²) in [6.07, 6.45) is 3.33. The van der Waals surface area contributed by atoms with Gasteiger partial charge in [0.25, 0.3) is 11.8 Å². The lowest BCUT2D eigenvalue weighted by molar-refractivity contribution is 0.0760. The zero-order valence-corrected chi connectivity index (χ0v) is 11.9. The topological polar surface area (TPSA) is 105 Å². The first-order valence-corrected chi connectivity index (χ1v) is 6.77. The average molecular weight is 299 g/mol. The molecule has 22 heavy (non-hydrogen) atoms. The monoisotopic (exact) mass is 299 g/mol. The Morgan fingerprint density at radius 2 is 2.32 bits per heavy atom. The standard InChI is InChI=1S/C14H13N5O3/c1-9-6-11(18-22-9)14(20)19-5-2-10(8-19)21-13-12(7-15)16-3-4-17-13/h3-4,6,10H,2,5,8H2,1H3/t10-/m1/s1. The molecule has 1 aliphatic heterocycles. The van der Waals surface area contributed by atoms with E-state index in [-0.39, 0.29) is 29.3 Å². The van der Waals surface area contributed by atoms with Crippen LogP contribution < -0.4 is 4.74 Å². The van der Waals surface area contributed by atoms with E-state index in [4.69, 9.17) is 14.5 Å². The van der Waals surface area contributed by atoms with E-state index in [2.05, 4.69) is 15.1 Å². The van der Waals surface area contributed by atoms with Crippen molar-refractivity contribution in [3.63, 3.8) is 0 Å². The summed E-state index contributed by atoms with van der Waals surface area (Å²) in [6.45, 7) is 2.70. The first-order valence-electron chi connectivity index (χ1n) is 6.77. The first-order chi connectivity index (χ1) is 10.7. The molecule has 2 aromatic heterocycles. The summed E-state index contributed by atoms with van der Waals surface area (Å²) in [5.74, 6) is 0.595. The fraction of sp³-hybridized carbons (Fsp3) is 0.357. The van der Waals surface area contributed by atoms with E-state index in [1.165, 1.54) is 12.4 Å². The fourth-order valence-electron chi connectivity index (χ4n) is 2.28. The van der Waals surface area contributed by atoms with E-state index in [1.807, 2.05) is 6.07 Å². The number of hydrogen-bond donors (Lipinski definition) is 0. The number of carbonyl (C=O) groups is 1. The predicted octanol–water partition coefficient (Wildman–Crippen LogP) is 0.938. The molecule has 0 unspecified atom stereocenters. The quantitative estimate of drug-likeness (QED) is 0.830. The van der Waals surface area contributed by atoms with Crippen molar-refractivity contribution in [2.45, 2.75) is 19.4 Å². The number of aryl methyl sites for hydroxylation is 1. The number of rotatable bonds is 3. The van der Waals surface area contributed by atoms with Crippen LogP contribution in [0.1, 0.15) is 28.4 Å². The summed E-state index contributed by atoms with van der Waals surface area (Å²) in [7, 11) is 0. The van der Waals surface area contributed by atoms with Crippen LogP contribution in [0, 0.1) is 18.3 Å². The van der Waals surface area contributed by atoms with Crippen LogP contribution in [0.5, 0.6) is 5.88 Å². The molecular formula is C14H13N5O3. The zero-order valence-electron chi connectivity index (χ0n) is 11.9. The number of amides is 1. The Labute approximate surface area is 126 Å². The molecule has 112 valence electrons. The molecule has 1 atom stereocenters. The van der Waals surface area contributed by atoms with Gasteiger partial charge in [-0.15, -0.1) is 0 Å². The zero-order chi connectivity index (χ0) is 15.5. The van der Waals surface area contributed by atoms with E-state index < -0.39 is 0 Å². The predicted molar refractivity (Wildman–Crippen MR) is 72.9 cm³/mol. The van der Waals surface area contributed by atoms with Crippen molar-refractivity contribution in [2.75, 3.05) is 13.1 Å². The third-order valence-corrected chi connectivity index (χ3v) is 3.33. The van der Waals surface area contributed by atoms with Crippen molar-refractivity contribution >= 4 is 5.91 Å². The molecule has 1 fully saturated rings. The van der Waals surface area contributed by atoms with Gasteiger partial charge in [-0.25, -0.2) is 9.97 Å². The third-order valence-electron chi connectivity index (χ3n) is 3.33. The van der Waals surface area contributed by atoms with Crippen LogP contribution in [0.2, 0.25) is 0 Å². The Bertz CT molecular complexity index is 736. The van der Waals surface area contributed by atoms with Crippen molar-refractivity contribution in [1.82, 2.24) is 20.0 Å². The second-order valence-corrected chi connectivity index (χ2v) is 4.92. The molecule has 0 N–H and O–H groups in total. The lowest BCUT2D eigenvalue weighted by atomic mass is 10.3. The molecule has 0 radical (unpaired) electrons. The Kier molecular flexibility index (Phi) is 3.70. The maximum atomic E-state index is 12.2. The van der Waals surface area contributed by atoms with Gasteiger partial charge < -0.3 is 14.2 Å². The number of likely N-dealkylation sites (tertiary alicyclic amines) is 1. The van der Waals surface area contributed by atoms with Gasteiger partial charge >= 0.3 is 0 Å². The van der Waals surface area contributed by atoms with Crippen LogP contribution in [0.15, 0.2) is 23.0 Å². The summed E-state index contributed by atoms with van der Waals surface area (Å²) < 4.78 is 10.6. The number of ether oxygens (including phenoxy) is 1. The van der Waals surface area contributed by atoms with Crippen LogP contribution in [-0.2, 0) is 0 Å². The summed E-state index contributed by atoms with van der Waals surface area (Å²) in [5.41, 5.74) is 0.426. The summed E-state index contributed by atoms with van der Waals surface area (Å²) in [6, 6.07) is 3.53. The molecule has 1 saturated heterocycles. The van der Waals surface area contributed by atoms with E-state index in [0.29, 0.717) is 25.3 Å². The SMILES string of the molecule is Cc1cc(C(=O)N2CC[C@@H](Oc3nccnc3C#N)C2)no1. The number of nitrogens with zero attached hydrogens (tertiary/aromatic N) is 5. The molecule has 0 spiro atoms. The molecule has 3 rings (SSSR count). The van der Waals surface area contributed by atoms with Gasteiger partial charge in [0, 0.05) is 31.4 Å². The summed E-state index contributed by atoms with van der Waals surface area (Å²) >= 11 is 0. The van der Waals surface area contributed by atoms with Crippen LogP contribution in [0.25, 0.3) is 0 Å². The highest BCUT2D eigenvalue weighted by molar-refractivity contribution is 5.92. The third kappa shape index (κ3) is 2.74. The number of nitriles is 1. The van der Waals surface area contributed by atoms with Crippen LogP contribution >= 0.6 is 0 Å². The second-order valence-electron chi connectivity index (χ2n) is 4.92. The smallest absolute Gasteiger partial charge is 0.276 e. The maximum absolute atomic E-state index is 12.2. The Balaban J connectivity index is 1.65. The molecule has 1 aliphatic rings. The molecule has 8 nitrogen and oxygen atoms in total. The number of aromatic nitrogens is 3. The van der Waals surface area contributed by atoms with Crippen molar-refractivity contribution < 1.29 is 14.1 Å². The molecule has 3 heterocycles. The van der Waals surface area contributed by atoms with Gasteiger partial charge in [-0.2, -0.15) is 5.26 Å². The fourth-order valence-corrected chi connectivity index (χ4v) is 2.28. The highest BCUT2D eigenvalue weighted by atomic mass is 16.5. The van der Waals surface area contributed by atoms with Gasteiger partial charge in [0.05, 0.1) is 6.54 Å². The lowest BCUT2D eigenvalue weighted by Crippen LogP contribution is -2.31. The molecule has 1 amide bonds. The minimum absolute atomic E-state index is 0.138. The van der Waals surface area contributed by atoms with Gasteiger partial charge in [0.1, 0.15) is 17.9 Å². The molecule has 0 saturated carbocycles. The highest BCUT2D eigenvalue weighted by Crippen LogP contribution is 2.20. The summed E-state index contributed by atoms with van der Waals surface area (Å²) in [4.78, 5) is 21.8. The minimum Gasteiger partial charge on any atom is -0.470 e. The van der Waals surface area contributed by atoms with Crippen LogP contribution in [0.4, 0.5) is 0 Å². The molecule has 0 aliphatic carbocycles. The average Bonchev–Trinajstić information content (AvgIpc) is 3.16. The Morgan fingerprint density at radius 3 is 3.05 bits per heavy atom. The molecule has 0 aromatic carbocycles. The van der Waals surface area contributed by atoms with E-state index in [1.54, 1.807) is 17.9 Å². The minimum atomic E-state index is -0.222. The largest absolute Gasteiger partial charge is 0.470 e. The van der Waals surface area contributed by atoms with E-state index in [9.17, 15) is 4.79 Å². The van der Waals surface area contributed by atoms with Crippen molar-refractivity contribution in [2.24, 2.45) is 0 Å². The van der Waals surface area contributed by atoms with Gasteiger partial charge in [-0.05, 0) is 6.92 Å². The van der Waals surface area contributed by atoms with Crippen LogP contribution in [-0.4, -0.2) is 45.1 Å². The first kappa shape index (κ1) is 14.0. The van der Waals surface area contributed by atoms with E-state index >= 15 is 0 Å². The number of carbonyl (C=O) groups excluding carboxylic acids is 1. The van der Waals surface area contributed by atoms with Gasteiger partial charge in [0.15, 0.2) is 5.69 Å². The van der Waals surface area contributed by atoms with Crippen molar-refractivity contribution in [1.29, 1.82) is 5.26 Å².